The second-order valence-corrected chi connectivity index (χ2v) is 4.36. The zero-order valence-electron chi connectivity index (χ0n) is 9.62. The van der Waals surface area contributed by atoms with E-state index in [2.05, 4.69) is 0 Å². The van der Waals surface area contributed by atoms with E-state index in [1.165, 1.54) is 0 Å². The van der Waals surface area contributed by atoms with Gasteiger partial charge in [-0.2, -0.15) is 0 Å². The number of amides is 1. The summed E-state index contributed by atoms with van der Waals surface area (Å²) in [6, 6.07) is 5.62. The molecule has 0 fully saturated rings. The van der Waals surface area contributed by atoms with Gasteiger partial charge in [0, 0.05) is 5.56 Å². The Kier molecular flexibility index (Phi) is 6.05. The summed E-state index contributed by atoms with van der Waals surface area (Å²) in [6.07, 6.45) is 0.852. The van der Waals surface area contributed by atoms with Crippen molar-refractivity contribution in [3.8, 4) is 0 Å². The van der Waals surface area contributed by atoms with Gasteiger partial charge in [-0.25, -0.2) is 4.57 Å². The van der Waals surface area contributed by atoms with E-state index >= 15 is 0 Å². The fourth-order valence-corrected chi connectivity index (χ4v) is 1.40. The molecule has 0 aliphatic heterocycles. The number of phosphoric acid groups is 1. The molecule has 0 radical (unpaired) electrons. The predicted octanol–water partition coefficient (Wildman–Crippen LogP) is 0.728. The fourth-order valence-electron chi connectivity index (χ4n) is 1.40. The summed E-state index contributed by atoms with van der Waals surface area (Å²) in [6.45, 7) is 4.01. The number of hydrogen-bond donors (Lipinski definition) is 4. The van der Waals surface area contributed by atoms with Crippen molar-refractivity contribution in [2.24, 2.45) is 5.73 Å². The van der Waals surface area contributed by atoms with Gasteiger partial charge in [-0.15, -0.1) is 0 Å². The van der Waals surface area contributed by atoms with E-state index in [1.54, 1.807) is 6.07 Å². The molecule has 1 rings (SSSR count). The monoisotopic (exact) mass is 261 g/mol. The van der Waals surface area contributed by atoms with Crippen LogP contribution in [0.2, 0.25) is 0 Å². The van der Waals surface area contributed by atoms with Gasteiger partial charge in [-0.1, -0.05) is 19.1 Å². The van der Waals surface area contributed by atoms with Gasteiger partial charge >= 0.3 is 7.82 Å². The molecule has 0 aliphatic rings. The molecule has 1 aromatic rings. The van der Waals surface area contributed by atoms with Crippen LogP contribution in [-0.2, 0) is 11.0 Å². The number of benzene rings is 1. The lowest BCUT2D eigenvalue weighted by Gasteiger charge is -2.06. The molecular weight excluding hydrogens is 245 g/mol. The number of primary amides is 1. The third-order valence-corrected chi connectivity index (χ3v) is 2.03. The molecule has 0 aliphatic carbocycles. The summed E-state index contributed by atoms with van der Waals surface area (Å²) in [5.41, 5.74) is 8.06. The van der Waals surface area contributed by atoms with Crippen molar-refractivity contribution in [1.82, 2.24) is 0 Å². The van der Waals surface area contributed by atoms with Crippen molar-refractivity contribution in [3.63, 3.8) is 0 Å². The zero-order valence-corrected chi connectivity index (χ0v) is 10.5. The van der Waals surface area contributed by atoms with E-state index in [0.29, 0.717) is 5.56 Å². The Morgan fingerprint density at radius 1 is 1.35 bits per heavy atom. The third-order valence-electron chi connectivity index (χ3n) is 2.03. The number of aryl methyl sites for hydroxylation is 1. The molecule has 96 valence electrons. The van der Waals surface area contributed by atoms with Crippen LogP contribution in [0.15, 0.2) is 18.2 Å². The molecule has 0 heterocycles. The highest BCUT2D eigenvalue weighted by atomic mass is 31.2. The Morgan fingerprint density at radius 2 is 1.82 bits per heavy atom. The average molecular weight is 261 g/mol. The van der Waals surface area contributed by atoms with Crippen molar-refractivity contribution in [1.29, 1.82) is 0 Å². The maximum Gasteiger partial charge on any atom is 0.466 e. The number of nitrogens with two attached hydrogens (primary N) is 1. The Balaban J connectivity index is 0.000000437. The lowest BCUT2D eigenvalue weighted by Crippen LogP contribution is -2.14. The third kappa shape index (κ3) is 6.86. The Labute approximate surface area is 99.3 Å². The van der Waals surface area contributed by atoms with E-state index in [9.17, 15) is 4.79 Å². The lowest BCUT2D eigenvalue weighted by molar-refractivity contribution is 0.0999. The molecule has 0 saturated carbocycles. The molecule has 7 heteroatoms. The van der Waals surface area contributed by atoms with Crippen molar-refractivity contribution >= 4 is 13.7 Å². The van der Waals surface area contributed by atoms with E-state index in [-0.39, 0.29) is 5.91 Å². The predicted molar refractivity (Wildman–Crippen MR) is 63.3 cm³/mol. The van der Waals surface area contributed by atoms with Crippen LogP contribution in [0.25, 0.3) is 0 Å². The molecule has 1 amide bonds. The van der Waals surface area contributed by atoms with Crippen LogP contribution in [0.3, 0.4) is 0 Å². The van der Waals surface area contributed by atoms with Crippen LogP contribution in [0, 0.1) is 6.92 Å². The highest BCUT2D eigenvalue weighted by Crippen LogP contribution is 2.25. The second-order valence-electron chi connectivity index (χ2n) is 3.33. The first-order valence-electron chi connectivity index (χ1n) is 4.83. The zero-order chi connectivity index (χ0) is 13.6. The molecule has 0 unspecified atom stereocenters. The van der Waals surface area contributed by atoms with Gasteiger partial charge in [-0.3, -0.25) is 4.79 Å². The maximum absolute atomic E-state index is 11.0. The Morgan fingerprint density at radius 3 is 2.12 bits per heavy atom. The van der Waals surface area contributed by atoms with Crippen LogP contribution in [0.4, 0.5) is 0 Å². The lowest BCUT2D eigenvalue weighted by atomic mass is 9.99. The molecule has 1 aromatic carbocycles. The van der Waals surface area contributed by atoms with Crippen molar-refractivity contribution < 1.29 is 24.0 Å². The minimum Gasteiger partial charge on any atom is -0.366 e. The molecule has 17 heavy (non-hydrogen) atoms. The fraction of sp³-hybridized carbons (Fsp3) is 0.300. The highest BCUT2D eigenvalue weighted by Gasteiger charge is 2.07. The Bertz CT molecular complexity index is 432. The molecule has 0 bridgehead atoms. The largest absolute Gasteiger partial charge is 0.466 e. The first-order chi connectivity index (χ1) is 7.66. The highest BCUT2D eigenvalue weighted by molar-refractivity contribution is 7.45. The molecule has 5 N–H and O–H groups in total. The topological polar surface area (TPSA) is 121 Å². The van der Waals surface area contributed by atoms with Crippen LogP contribution in [0.5, 0.6) is 0 Å². The molecular formula is C10H16NO5P. The van der Waals surface area contributed by atoms with Crippen LogP contribution < -0.4 is 5.73 Å². The van der Waals surface area contributed by atoms with Crippen molar-refractivity contribution in [3.05, 3.63) is 34.9 Å². The van der Waals surface area contributed by atoms with Crippen molar-refractivity contribution in [2.45, 2.75) is 20.3 Å². The number of carbonyl (C=O) groups is 1. The van der Waals surface area contributed by atoms with E-state index < -0.39 is 7.82 Å². The quantitative estimate of drug-likeness (QED) is 0.585. The van der Waals surface area contributed by atoms with E-state index in [1.807, 2.05) is 26.0 Å². The molecule has 0 spiro atoms. The number of carbonyl (C=O) groups excluding carboxylic acids is 1. The molecule has 6 nitrogen and oxygen atoms in total. The molecule has 0 aromatic heterocycles. The van der Waals surface area contributed by atoms with Crippen LogP contribution in [-0.4, -0.2) is 20.6 Å². The first kappa shape index (κ1) is 15.8. The molecule has 0 saturated heterocycles. The Hall–Kier alpha value is -1.20. The number of hydrogen-bond acceptors (Lipinski definition) is 2. The normalized spacial score (nSPS) is 10.4. The second kappa shape index (κ2) is 6.51. The van der Waals surface area contributed by atoms with E-state index in [4.69, 9.17) is 25.0 Å². The number of rotatable bonds is 2. The average Bonchev–Trinajstić information content (AvgIpc) is 2.14. The summed E-state index contributed by atoms with van der Waals surface area (Å²) < 4.78 is 8.88. The van der Waals surface area contributed by atoms with Crippen LogP contribution in [0.1, 0.15) is 28.4 Å². The standard InChI is InChI=1S/C10H13NO.H3O4P/c1-3-8-7(2)5-4-6-9(8)10(11)12;1-5(2,3)4/h4-6H,3H2,1-2H3,(H2,11,12);(H3,1,2,3,4). The van der Waals surface area contributed by atoms with Gasteiger partial charge in [0.25, 0.3) is 0 Å². The van der Waals surface area contributed by atoms with Gasteiger partial charge in [0.2, 0.25) is 5.91 Å². The first-order valence-corrected chi connectivity index (χ1v) is 6.40. The van der Waals surface area contributed by atoms with Gasteiger partial charge in [-0.05, 0) is 30.5 Å². The smallest absolute Gasteiger partial charge is 0.366 e. The summed E-state index contributed by atoms with van der Waals surface area (Å²) in [7, 11) is -4.64. The maximum atomic E-state index is 11.0. The minimum atomic E-state index is -4.64. The SMILES string of the molecule is CCc1c(C)cccc1C(N)=O.O=P(O)(O)O. The summed E-state index contributed by atoms with van der Waals surface area (Å²) in [5.74, 6) is -0.337. The van der Waals surface area contributed by atoms with Gasteiger partial charge < -0.3 is 20.4 Å². The van der Waals surface area contributed by atoms with Gasteiger partial charge in [0.05, 0.1) is 0 Å². The van der Waals surface area contributed by atoms with Crippen molar-refractivity contribution in [2.75, 3.05) is 0 Å². The summed E-state index contributed by atoms with van der Waals surface area (Å²) in [5, 5.41) is 0. The minimum absolute atomic E-state index is 0.337. The van der Waals surface area contributed by atoms with Gasteiger partial charge in [0.1, 0.15) is 0 Å². The molecule has 0 atom stereocenters. The van der Waals surface area contributed by atoms with E-state index in [0.717, 1.165) is 17.5 Å². The summed E-state index contributed by atoms with van der Waals surface area (Å²) >= 11 is 0. The van der Waals surface area contributed by atoms with Crippen LogP contribution >= 0.6 is 7.82 Å². The summed E-state index contributed by atoms with van der Waals surface area (Å²) in [4.78, 5) is 32.5. The van der Waals surface area contributed by atoms with Gasteiger partial charge in [0.15, 0.2) is 0 Å².